The zero-order chi connectivity index (χ0) is 9.14. The van der Waals surface area contributed by atoms with E-state index in [1.165, 1.54) is 0 Å². The first-order valence-electron chi connectivity index (χ1n) is 3.20. The van der Waals surface area contributed by atoms with Crippen LogP contribution >= 0.6 is 34.8 Å². The number of alkyl halides is 1. The van der Waals surface area contributed by atoms with Gasteiger partial charge in [-0.2, -0.15) is 0 Å². The minimum atomic E-state index is -0.534. The highest BCUT2D eigenvalue weighted by molar-refractivity contribution is 6.68. The Morgan fingerprint density at radius 1 is 1.42 bits per heavy atom. The summed E-state index contributed by atoms with van der Waals surface area (Å²) in [7, 11) is 0. The highest BCUT2D eigenvalue weighted by Crippen LogP contribution is 2.22. The molecule has 0 atom stereocenters. The van der Waals surface area contributed by atoms with E-state index in [-0.39, 0.29) is 5.88 Å². The van der Waals surface area contributed by atoms with Gasteiger partial charge in [-0.1, -0.05) is 17.7 Å². The fraction of sp³-hybridized carbons (Fsp3) is 0.125. The minimum Gasteiger partial charge on any atom is -0.276 e. The van der Waals surface area contributed by atoms with Crippen LogP contribution in [0.15, 0.2) is 18.2 Å². The van der Waals surface area contributed by atoms with Crippen LogP contribution in [0, 0.1) is 0 Å². The summed E-state index contributed by atoms with van der Waals surface area (Å²) in [5.41, 5.74) is 0.958. The lowest BCUT2D eigenvalue weighted by Crippen LogP contribution is -1.95. The molecule has 0 amide bonds. The molecule has 1 nitrogen and oxygen atoms in total. The summed E-state index contributed by atoms with van der Waals surface area (Å²) in [6.07, 6.45) is 0. The Balaban J connectivity index is 3.27. The van der Waals surface area contributed by atoms with Gasteiger partial charge in [-0.05, 0) is 29.3 Å². The number of hydrogen-bond donors (Lipinski definition) is 0. The van der Waals surface area contributed by atoms with Gasteiger partial charge in [0.1, 0.15) is 0 Å². The smallest absolute Gasteiger partial charge is 0.252 e. The van der Waals surface area contributed by atoms with Gasteiger partial charge in [0.15, 0.2) is 0 Å². The van der Waals surface area contributed by atoms with Crippen LogP contribution in [-0.2, 0) is 5.88 Å². The zero-order valence-electron chi connectivity index (χ0n) is 5.98. The molecule has 1 rings (SSSR count). The van der Waals surface area contributed by atoms with Crippen LogP contribution < -0.4 is 0 Å². The number of carbonyl (C=O) groups excluding carboxylic acids is 1. The molecule has 0 aliphatic carbocycles. The molecule has 0 N–H and O–H groups in total. The van der Waals surface area contributed by atoms with Gasteiger partial charge in [-0.25, -0.2) is 0 Å². The summed E-state index contributed by atoms with van der Waals surface area (Å²) < 4.78 is 0. The van der Waals surface area contributed by atoms with Gasteiger partial charge in [0, 0.05) is 16.5 Å². The Bertz CT molecular complexity index is 309. The van der Waals surface area contributed by atoms with Crippen molar-refractivity contribution in [2.24, 2.45) is 0 Å². The van der Waals surface area contributed by atoms with Gasteiger partial charge >= 0.3 is 0 Å². The minimum absolute atomic E-state index is 0.188. The SMILES string of the molecule is O=C(Cl)c1cccc(Cl)c1CCl. The fourth-order valence-electron chi connectivity index (χ4n) is 0.879. The molecule has 1 aromatic rings. The second-order valence-electron chi connectivity index (χ2n) is 2.17. The van der Waals surface area contributed by atoms with Gasteiger partial charge in [-0.3, -0.25) is 4.79 Å². The van der Waals surface area contributed by atoms with Crippen LogP contribution in [0.25, 0.3) is 0 Å². The molecule has 0 fully saturated rings. The Hall–Kier alpha value is -0.240. The molecule has 1 aromatic carbocycles. The standard InChI is InChI=1S/C8H5Cl3O/c9-4-6-5(8(11)12)2-1-3-7(6)10/h1-3H,4H2. The zero-order valence-corrected chi connectivity index (χ0v) is 8.25. The lowest BCUT2D eigenvalue weighted by molar-refractivity contribution is 0.108. The molecule has 0 saturated heterocycles. The second-order valence-corrected chi connectivity index (χ2v) is 3.19. The van der Waals surface area contributed by atoms with E-state index in [0.29, 0.717) is 16.1 Å². The molecule has 0 aliphatic rings. The van der Waals surface area contributed by atoms with Crippen molar-refractivity contribution in [2.75, 3.05) is 0 Å². The summed E-state index contributed by atoms with van der Waals surface area (Å²) >= 11 is 16.7. The predicted octanol–water partition coefficient (Wildman–Crippen LogP) is 3.46. The summed E-state index contributed by atoms with van der Waals surface area (Å²) in [5.74, 6) is 0.188. The van der Waals surface area contributed by atoms with E-state index >= 15 is 0 Å². The van der Waals surface area contributed by atoms with Crippen molar-refractivity contribution in [1.29, 1.82) is 0 Å². The lowest BCUT2D eigenvalue weighted by atomic mass is 10.1. The van der Waals surface area contributed by atoms with Crippen LogP contribution in [0.3, 0.4) is 0 Å². The average molecular weight is 223 g/mol. The van der Waals surface area contributed by atoms with E-state index in [9.17, 15) is 4.79 Å². The van der Waals surface area contributed by atoms with Gasteiger partial charge in [0.2, 0.25) is 0 Å². The monoisotopic (exact) mass is 222 g/mol. The summed E-state index contributed by atoms with van der Waals surface area (Å²) in [4.78, 5) is 10.8. The maximum Gasteiger partial charge on any atom is 0.252 e. The van der Waals surface area contributed by atoms with E-state index in [0.717, 1.165) is 0 Å². The van der Waals surface area contributed by atoms with E-state index < -0.39 is 5.24 Å². The van der Waals surface area contributed by atoms with Crippen molar-refractivity contribution in [3.05, 3.63) is 34.3 Å². The summed E-state index contributed by atoms with van der Waals surface area (Å²) in [6, 6.07) is 4.93. The first kappa shape index (κ1) is 9.85. The van der Waals surface area contributed by atoms with Crippen LogP contribution in [0.4, 0.5) is 0 Å². The van der Waals surface area contributed by atoms with E-state index in [1.807, 2.05) is 0 Å². The Labute approximate surface area is 85.2 Å². The van der Waals surface area contributed by atoms with Crippen molar-refractivity contribution < 1.29 is 4.79 Å². The highest BCUT2D eigenvalue weighted by atomic mass is 35.5. The average Bonchev–Trinajstić information content (AvgIpc) is 2.03. The molecule has 0 heterocycles. The largest absolute Gasteiger partial charge is 0.276 e. The lowest BCUT2D eigenvalue weighted by Gasteiger charge is -2.03. The molecular formula is C8H5Cl3O. The van der Waals surface area contributed by atoms with E-state index in [2.05, 4.69) is 0 Å². The summed E-state index contributed by atoms with van der Waals surface area (Å²) in [6.45, 7) is 0. The fourth-order valence-corrected chi connectivity index (χ4v) is 1.65. The molecule has 4 heteroatoms. The van der Waals surface area contributed by atoms with Crippen LogP contribution in [-0.4, -0.2) is 5.24 Å². The van der Waals surface area contributed by atoms with Crippen LogP contribution in [0.2, 0.25) is 5.02 Å². The molecule has 0 spiro atoms. The molecule has 0 bridgehead atoms. The van der Waals surface area contributed by atoms with Gasteiger partial charge in [0.25, 0.3) is 5.24 Å². The van der Waals surface area contributed by atoms with Crippen LogP contribution in [0.5, 0.6) is 0 Å². The van der Waals surface area contributed by atoms with Crippen molar-refractivity contribution in [3.8, 4) is 0 Å². The third kappa shape index (κ3) is 1.92. The van der Waals surface area contributed by atoms with Crippen molar-refractivity contribution >= 4 is 40.0 Å². The van der Waals surface area contributed by atoms with Crippen molar-refractivity contribution in [1.82, 2.24) is 0 Å². The van der Waals surface area contributed by atoms with Gasteiger partial charge in [0.05, 0.1) is 0 Å². The maximum atomic E-state index is 10.8. The normalized spacial score (nSPS) is 9.92. The Morgan fingerprint density at radius 3 is 2.50 bits per heavy atom. The molecule has 12 heavy (non-hydrogen) atoms. The molecule has 0 unspecified atom stereocenters. The number of benzene rings is 1. The molecule has 0 aliphatic heterocycles. The molecular weight excluding hydrogens is 218 g/mol. The molecule has 0 aromatic heterocycles. The maximum absolute atomic E-state index is 10.8. The topological polar surface area (TPSA) is 17.1 Å². The second kappa shape index (κ2) is 4.13. The van der Waals surface area contributed by atoms with Crippen molar-refractivity contribution in [3.63, 3.8) is 0 Å². The van der Waals surface area contributed by atoms with E-state index in [1.54, 1.807) is 18.2 Å². The molecule has 0 radical (unpaired) electrons. The van der Waals surface area contributed by atoms with Gasteiger partial charge in [-0.15, -0.1) is 11.6 Å². The Morgan fingerprint density at radius 2 is 2.08 bits per heavy atom. The van der Waals surface area contributed by atoms with Crippen molar-refractivity contribution in [2.45, 2.75) is 5.88 Å². The predicted molar refractivity (Wildman–Crippen MR) is 51.2 cm³/mol. The summed E-state index contributed by atoms with van der Waals surface area (Å²) in [5, 5.41) is -0.0651. The number of rotatable bonds is 2. The third-order valence-electron chi connectivity index (χ3n) is 1.46. The van der Waals surface area contributed by atoms with Gasteiger partial charge < -0.3 is 0 Å². The quantitative estimate of drug-likeness (QED) is 0.554. The molecule has 0 saturated carbocycles. The number of halogens is 3. The first-order valence-corrected chi connectivity index (χ1v) is 4.49. The Kier molecular flexibility index (Phi) is 3.39. The van der Waals surface area contributed by atoms with Crippen LogP contribution in [0.1, 0.15) is 15.9 Å². The third-order valence-corrected chi connectivity index (χ3v) is 2.29. The highest BCUT2D eigenvalue weighted by Gasteiger charge is 2.10. The van der Waals surface area contributed by atoms with E-state index in [4.69, 9.17) is 34.8 Å². The first-order chi connectivity index (χ1) is 5.66. The number of hydrogen-bond acceptors (Lipinski definition) is 1. The molecule has 64 valence electrons. The number of carbonyl (C=O) groups is 1.